The summed E-state index contributed by atoms with van der Waals surface area (Å²) in [5, 5.41) is 0.925. The van der Waals surface area contributed by atoms with Gasteiger partial charge in [-0.1, -0.05) is 0 Å². The van der Waals surface area contributed by atoms with Crippen LogP contribution in [0.5, 0.6) is 0 Å². The van der Waals surface area contributed by atoms with Crippen molar-refractivity contribution in [2.24, 2.45) is 0 Å². The van der Waals surface area contributed by atoms with E-state index in [-0.39, 0.29) is 5.56 Å². The number of rotatable bonds is 2. The lowest BCUT2D eigenvalue weighted by atomic mass is 10.1. The number of hydrogen-bond donors (Lipinski definition) is 1. The largest absolute Gasteiger partial charge is 0.380 e. The van der Waals surface area contributed by atoms with Crippen LogP contribution in [0.2, 0.25) is 0 Å². The number of fused-ring (bicyclic) bond motifs is 3. The Labute approximate surface area is 106 Å². The number of aromatic nitrogens is 3. The highest BCUT2D eigenvalue weighted by molar-refractivity contribution is 7.25. The average molecular weight is 261 g/mol. The minimum atomic E-state index is -0.121. The van der Waals surface area contributed by atoms with Crippen molar-refractivity contribution in [2.75, 3.05) is 7.11 Å². The number of nitrogens with zero attached hydrogens (tertiary/aromatic N) is 2. The average Bonchev–Trinajstić information content (AvgIpc) is 2.69. The van der Waals surface area contributed by atoms with E-state index in [9.17, 15) is 4.79 Å². The Balaban J connectivity index is 2.51. The van der Waals surface area contributed by atoms with Crippen LogP contribution >= 0.6 is 11.3 Å². The van der Waals surface area contributed by atoms with Crippen molar-refractivity contribution in [3.8, 4) is 0 Å². The number of thiophene rings is 1. The van der Waals surface area contributed by atoms with Crippen molar-refractivity contribution in [3.63, 3.8) is 0 Å². The highest BCUT2D eigenvalue weighted by Crippen LogP contribution is 2.32. The van der Waals surface area contributed by atoms with E-state index in [2.05, 4.69) is 15.0 Å². The molecule has 5 nitrogen and oxygen atoms in total. The van der Waals surface area contributed by atoms with Gasteiger partial charge in [-0.3, -0.25) is 4.79 Å². The minimum Gasteiger partial charge on any atom is -0.380 e. The molecule has 0 saturated carbocycles. The molecule has 6 heteroatoms. The maximum Gasteiger partial charge on any atom is 0.268 e. The van der Waals surface area contributed by atoms with Crippen LogP contribution < -0.4 is 5.56 Å². The molecule has 0 radical (unpaired) electrons. The fourth-order valence-corrected chi connectivity index (χ4v) is 3.18. The van der Waals surface area contributed by atoms with Crippen LogP contribution in [0.15, 0.2) is 17.2 Å². The van der Waals surface area contributed by atoms with Crippen LogP contribution in [-0.4, -0.2) is 22.1 Å². The number of aryl methyl sites for hydroxylation is 1. The summed E-state index contributed by atoms with van der Waals surface area (Å²) in [6.07, 6.45) is 1.42. The monoisotopic (exact) mass is 261 g/mol. The molecule has 92 valence electrons. The Morgan fingerprint density at radius 1 is 1.50 bits per heavy atom. The van der Waals surface area contributed by atoms with Gasteiger partial charge in [0.15, 0.2) is 0 Å². The predicted octanol–water partition coefficient (Wildman–Crippen LogP) is 1.99. The summed E-state index contributed by atoms with van der Waals surface area (Å²) in [7, 11) is 1.65. The van der Waals surface area contributed by atoms with E-state index in [4.69, 9.17) is 4.74 Å². The number of methoxy groups -OCH3 is 1. The van der Waals surface area contributed by atoms with E-state index < -0.39 is 0 Å². The van der Waals surface area contributed by atoms with Gasteiger partial charge in [0, 0.05) is 18.2 Å². The lowest BCUT2D eigenvalue weighted by Crippen LogP contribution is -2.03. The molecule has 3 rings (SSSR count). The summed E-state index contributed by atoms with van der Waals surface area (Å²) in [5.74, 6) is 0. The van der Waals surface area contributed by atoms with E-state index in [0.717, 1.165) is 21.5 Å². The van der Waals surface area contributed by atoms with Gasteiger partial charge in [0.25, 0.3) is 5.56 Å². The van der Waals surface area contributed by atoms with Gasteiger partial charge in [-0.05, 0) is 18.6 Å². The van der Waals surface area contributed by atoms with Crippen molar-refractivity contribution in [2.45, 2.75) is 13.5 Å². The molecule has 0 aliphatic rings. The van der Waals surface area contributed by atoms with Crippen LogP contribution in [0.3, 0.4) is 0 Å². The van der Waals surface area contributed by atoms with Crippen LogP contribution in [0.1, 0.15) is 11.3 Å². The van der Waals surface area contributed by atoms with Gasteiger partial charge in [0.2, 0.25) is 0 Å². The van der Waals surface area contributed by atoms with E-state index in [1.165, 1.54) is 17.7 Å². The molecule has 3 aromatic heterocycles. The summed E-state index contributed by atoms with van der Waals surface area (Å²) in [5.41, 5.74) is 2.52. The Bertz CT molecular complexity index is 791. The normalized spacial score (nSPS) is 11.4. The van der Waals surface area contributed by atoms with Crippen LogP contribution in [0.25, 0.3) is 20.4 Å². The smallest absolute Gasteiger partial charge is 0.268 e. The summed E-state index contributed by atoms with van der Waals surface area (Å²) < 4.78 is 5.82. The molecule has 0 fully saturated rings. The maximum atomic E-state index is 11.8. The zero-order chi connectivity index (χ0) is 12.7. The molecule has 0 aliphatic carbocycles. The van der Waals surface area contributed by atoms with E-state index in [0.29, 0.717) is 16.8 Å². The predicted molar refractivity (Wildman–Crippen MR) is 71.0 cm³/mol. The first kappa shape index (κ1) is 11.3. The quantitative estimate of drug-likeness (QED) is 0.766. The molecular formula is C12H11N3O2S. The molecule has 0 unspecified atom stereocenters. The molecule has 0 atom stereocenters. The zero-order valence-electron chi connectivity index (χ0n) is 9.98. The second kappa shape index (κ2) is 4.15. The molecule has 18 heavy (non-hydrogen) atoms. The Hall–Kier alpha value is -1.79. The summed E-state index contributed by atoms with van der Waals surface area (Å²) in [6, 6.07) is 1.97. The second-order valence-electron chi connectivity index (χ2n) is 4.05. The highest BCUT2D eigenvalue weighted by atomic mass is 32.1. The van der Waals surface area contributed by atoms with Crippen molar-refractivity contribution in [1.82, 2.24) is 15.0 Å². The van der Waals surface area contributed by atoms with Crippen LogP contribution in [0.4, 0.5) is 0 Å². The molecule has 0 spiro atoms. The fourth-order valence-electron chi connectivity index (χ4n) is 2.06. The summed E-state index contributed by atoms with van der Waals surface area (Å²) in [6.45, 7) is 2.42. The molecule has 1 N–H and O–H groups in total. The Morgan fingerprint density at radius 3 is 3.11 bits per heavy atom. The van der Waals surface area contributed by atoms with Gasteiger partial charge in [-0.25, -0.2) is 9.97 Å². The van der Waals surface area contributed by atoms with Gasteiger partial charge in [-0.2, -0.15) is 0 Å². The summed E-state index contributed by atoms with van der Waals surface area (Å²) >= 11 is 1.37. The standard InChI is InChI=1S/C12H11N3O2S/c1-6-3-7(4-17-2)8-9-10(18-12(8)15-6)11(16)14-5-13-9/h3,5H,4H2,1-2H3,(H,13,14,16). The number of aromatic amines is 1. The number of H-pyrrole nitrogens is 1. The molecular weight excluding hydrogens is 250 g/mol. The Morgan fingerprint density at radius 2 is 2.33 bits per heavy atom. The number of pyridine rings is 1. The van der Waals surface area contributed by atoms with Crippen LogP contribution in [-0.2, 0) is 11.3 Å². The lowest BCUT2D eigenvalue weighted by Gasteiger charge is -2.03. The number of hydrogen-bond acceptors (Lipinski definition) is 5. The minimum absolute atomic E-state index is 0.121. The number of ether oxygens (including phenoxy) is 1. The van der Waals surface area contributed by atoms with E-state index >= 15 is 0 Å². The third-order valence-corrected chi connectivity index (χ3v) is 3.81. The van der Waals surface area contributed by atoms with Crippen molar-refractivity contribution >= 4 is 31.8 Å². The first-order chi connectivity index (χ1) is 8.70. The van der Waals surface area contributed by atoms with Gasteiger partial charge in [0.1, 0.15) is 9.53 Å². The fraction of sp³-hybridized carbons (Fsp3) is 0.250. The number of nitrogens with one attached hydrogen (secondary N) is 1. The Kier molecular flexibility index (Phi) is 2.61. The van der Waals surface area contributed by atoms with Gasteiger partial charge in [-0.15, -0.1) is 11.3 Å². The summed E-state index contributed by atoms with van der Waals surface area (Å²) in [4.78, 5) is 23.9. The molecule has 0 saturated heterocycles. The topological polar surface area (TPSA) is 67.9 Å². The lowest BCUT2D eigenvalue weighted by molar-refractivity contribution is 0.186. The molecule has 0 amide bonds. The van der Waals surface area contributed by atoms with Gasteiger partial charge >= 0.3 is 0 Å². The molecule has 0 aliphatic heterocycles. The van der Waals surface area contributed by atoms with E-state index in [1.807, 2.05) is 13.0 Å². The van der Waals surface area contributed by atoms with Crippen molar-refractivity contribution in [3.05, 3.63) is 34.0 Å². The van der Waals surface area contributed by atoms with Crippen molar-refractivity contribution < 1.29 is 4.74 Å². The third kappa shape index (κ3) is 1.61. The molecule has 0 bridgehead atoms. The molecule has 3 aromatic rings. The second-order valence-corrected chi connectivity index (χ2v) is 5.05. The van der Waals surface area contributed by atoms with E-state index in [1.54, 1.807) is 7.11 Å². The first-order valence-electron chi connectivity index (χ1n) is 5.46. The van der Waals surface area contributed by atoms with Gasteiger partial charge in [0.05, 0.1) is 18.5 Å². The van der Waals surface area contributed by atoms with Crippen molar-refractivity contribution in [1.29, 1.82) is 0 Å². The van der Waals surface area contributed by atoms with Gasteiger partial charge < -0.3 is 9.72 Å². The SMILES string of the molecule is COCc1cc(C)nc2sc3c(=O)[nH]cnc3c12. The van der Waals surface area contributed by atoms with Crippen LogP contribution in [0, 0.1) is 6.92 Å². The molecule has 0 aromatic carbocycles. The third-order valence-electron chi connectivity index (χ3n) is 2.74. The molecule has 3 heterocycles. The maximum absolute atomic E-state index is 11.8. The highest BCUT2D eigenvalue weighted by Gasteiger charge is 2.14. The zero-order valence-corrected chi connectivity index (χ0v) is 10.8. The first-order valence-corrected chi connectivity index (χ1v) is 6.27.